The zero-order valence-corrected chi connectivity index (χ0v) is 9.64. The molecule has 1 aliphatic heterocycles. The molecular formula is C14H19N. The van der Waals surface area contributed by atoms with E-state index >= 15 is 0 Å². The Bertz CT molecular complexity index is 396. The number of aryl methyl sites for hydroxylation is 1. The maximum absolute atomic E-state index is 3.70. The van der Waals surface area contributed by atoms with E-state index in [1.807, 2.05) is 0 Å². The molecule has 1 fully saturated rings. The first-order valence-corrected chi connectivity index (χ1v) is 6.02. The van der Waals surface area contributed by atoms with Gasteiger partial charge >= 0.3 is 0 Å². The van der Waals surface area contributed by atoms with E-state index < -0.39 is 0 Å². The normalized spacial score (nSPS) is 33.6. The van der Waals surface area contributed by atoms with Gasteiger partial charge in [0.15, 0.2) is 0 Å². The SMILES string of the molecule is Cc1cccc2c1C[C@]1(C)CCCN[C@H]21. The average Bonchev–Trinajstić information content (AvgIpc) is 2.52. The second kappa shape index (κ2) is 3.08. The van der Waals surface area contributed by atoms with Crippen molar-refractivity contribution in [2.75, 3.05) is 6.54 Å². The van der Waals surface area contributed by atoms with Crippen LogP contribution >= 0.6 is 0 Å². The molecule has 1 aromatic carbocycles. The predicted octanol–water partition coefficient (Wildman–Crippen LogP) is 2.98. The van der Waals surface area contributed by atoms with E-state index in [0.29, 0.717) is 11.5 Å². The number of benzene rings is 1. The predicted molar refractivity (Wildman–Crippen MR) is 63.0 cm³/mol. The highest BCUT2D eigenvalue weighted by Crippen LogP contribution is 2.50. The molecule has 15 heavy (non-hydrogen) atoms. The average molecular weight is 201 g/mol. The summed E-state index contributed by atoms with van der Waals surface area (Å²) in [6.07, 6.45) is 3.98. The van der Waals surface area contributed by atoms with Gasteiger partial charge in [-0.15, -0.1) is 0 Å². The van der Waals surface area contributed by atoms with Crippen LogP contribution in [0.25, 0.3) is 0 Å². The Morgan fingerprint density at radius 1 is 1.40 bits per heavy atom. The van der Waals surface area contributed by atoms with Crippen molar-refractivity contribution in [3.8, 4) is 0 Å². The smallest absolute Gasteiger partial charge is 0.0380 e. The van der Waals surface area contributed by atoms with E-state index in [1.165, 1.54) is 31.4 Å². The molecule has 1 heterocycles. The van der Waals surface area contributed by atoms with E-state index in [0.717, 1.165) is 0 Å². The number of fused-ring (bicyclic) bond motifs is 3. The second-order valence-corrected chi connectivity index (χ2v) is 5.46. The largest absolute Gasteiger partial charge is 0.309 e. The first kappa shape index (κ1) is 9.41. The quantitative estimate of drug-likeness (QED) is 0.680. The van der Waals surface area contributed by atoms with Crippen molar-refractivity contribution >= 4 is 0 Å². The highest BCUT2D eigenvalue weighted by molar-refractivity contribution is 5.43. The van der Waals surface area contributed by atoms with E-state index in [1.54, 1.807) is 11.1 Å². The third-order valence-corrected chi connectivity index (χ3v) is 4.31. The van der Waals surface area contributed by atoms with E-state index in [4.69, 9.17) is 0 Å². The van der Waals surface area contributed by atoms with Crippen molar-refractivity contribution in [3.63, 3.8) is 0 Å². The third kappa shape index (κ3) is 1.26. The Morgan fingerprint density at radius 3 is 3.13 bits per heavy atom. The Hall–Kier alpha value is -0.820. The summed E-state index contributed by atoms with van der Waals surface area (Å²) in [5.41, 5.74) is 5.13. The Morgan fingerprint density at radius 2 is 2.27 bits per heavy atom. The summed E-state index contributed by atoms with van der Waals surface area (Å²) in [6.45, 7) is 5.89. The van der Waals surface area contributed by atoms with Crippen LogP contribution in [0.4, 0.5) is 0 Å². The number of piperidine rings is 1. The molecule has 1 saturated heterocycles. The molecule has 2 aliphatic rings. The Kier molecular flexibility index (Phi) is 1.93. The molecule has 0 bridgehead atoms. The molecule has 2 atom stereocenters. The lowest BCUT2D eigenvalue weighted by Gasteiger charge is -2.37. The van der Waals surface area contributed by atoms with Crippen LogP contribution in [0.1, 0.15) is 42.5 Å². The molecule has 1 aliphatic carbocycles. The van der Waals surface area contributed by atoms with Gasteiger partial charge in [0.2, 0.25) is 0 Å². The van der Waals surface area contributed by atoms with Crippen LogP contribution < -0.4 is 5.32 Å². The standard InChI is InChI=1S/C14H19N/c1-10-5-3-6-11-12(10)9-14(2)7-4-8-15-13(11)14/h3,5-6,13,15H,4,7-9H2,1-2H3/t13-,14+/m1/s1. The Labute approximate surface area is 91.9 Å². The molecule has 1 nitrogen and oxygen atoms in total. The third-order valence-electron chi connectivity index (χ3n) is 4.31. The molecule has 0 saturated carbocycles. The molecule has 0 unspecified atom stereocenters. The van der Waals surface area contributed by atoms with Crippen LogP contribution in [0.15, 0.2) is 18.2 Å². The van der Waals surface area contributed by atoms with Gasteiger partial charge in [0.25, 0.3) is 0 Å². The fourth-order valence-corrected chi connectivity index (χ4v) is 3.45. The maximum atomic E-state index is 3.70. The van der Waals surface area contributed by atoms with Crippen molar-refractivity contribution in [3.05, 3.63) is 34.9 Å². The highest BCUT2D eigenvalue weighted by Gasteiger charge is 2.43. The van der Waals surface area contributed by atoms with Gasteiger partial charge in [0, 0.05) is 6.04 Å². The second-order valence-electron chi connectivity index (χ2n) is 5.46. The lowest BCUT2D eigenvalue weighted by Crippen LogP contribution is -2.38. The number of hydrogen-bond acceptors (Lipinski definition) is 1. The lowest BCUT2D eigenvalue weighted by molar-refractivity contribution is 0.178. The minimum Gasteiger partial charge on any atom is -0.309 e. The molecule has 0 amide bonds. The fourth-order valence-electron chi connectivity index (χ4n) is 3.45. The van der Waals surface area contributed by atoms with Gasteiger partial charge in [-0.05, 0) is 54.8 Å². The first-order valence-electron chi connectivity index (χ1n) is 6.02. The summed E-state index contributed by atoms with van der Waals surface area (Å²) in [5.74, 6) is 0. The summed E-state index contributed by atoms with van der Waals surface area (Å²) in [5, 5.41) is 3.70. The van der Waals surface area contributed by atoms with Gasteiger partial charge in [-0.2, -0.15) is 0 Å². The molecular weight excluding hydrogens is 182 g/mol. The van der Waals surface area contributed by atoms with E-state index in [-0.39, 0.29) is 0 Å². The van der Waals surface area contributed by atoms with Crippen LogP contribution in [-0.2, 0) is 6.42 Å². The molecule has 1 N–H and O–H groups in total. The minimum atomic E-state index is 0.479. The summed E-state index contributed by atoms with van der Waals surface area (Å²) in [6, 6.07) is 7.38. The van der Waals surface area contributed by atoms with Gasteiger partial charge in [0.1, 0.15) is 0 Å². The van der Waals surface area contributed by atoms with Crippen molar-refractivity contribution in [2.24, 2.45) is 5.41 Å². The van der Waals surface area contributed by atoms with Crippen molar-refractivity contribution in [1.29, 1.82) is 0 Å². The zero-order valence-electron chi connectivity index (χ0n) is 9.64. The van der Waals surface area contributed by atoms with Gasteiger partial charge in [0.05, 0.1) is 0 Å². The topological polar surface area (TPSA) is 12.0 Å². The summed E-state index contributed by atoms with van der Waals surface area (Å²) in [4.78, 5) is 0. The first-order chi connectivity index (χ1) is 7.21. The van der Waals surface area contributed by atoms with Crippen LogP contribution in [0.2, 0.25) is 0 Å². The molecule has 0 aromatic heterocycles. The van der Waals surface area contributed by atoms with Crippen LogP contribution in [-0.4, -0.2) is 6.54 Å². The minimum absolute atomic E-state index is 0.479. The van der Waals surface area contributed by atoms with Crippen molar-refractivity contribution < 1.29 is 0 Å². The monoisotopic (exact) mass is 201 g/mol. The van der Waals surface area contributed by atoms with Crippen LogP contribution in [0.3, 0.4) is 0 Å². The Balaban J connectivity index is 2.11. The number of rotatable bonds is 0. The summed E-state index contributed by atoms with van der Waals surface area (Å²) in [7, 11) is 0. The van der Waals surface area contributed by atoms with Gasteiger partial charge in [-0.1, -0.05) is 25.1 Å². The number of hydrogen-bond donors (Lipinski definition) is 1. The molecule has 1 heteroatoms. The maximum Gasteiger partial charge on any atom is 0.0380 e. The van der Waals surface area contributed by atoms with Crippen LogP contribution in [0, 0.1) is 12.3 Å². The lowest BCUT2D eigenvalue weighted by atomic mass is 9.76. The van der Waals surface area contributed by atoms with E-state index in [9.17, 15) is 0 Å². The molecule has 0 radical (unpaired) electrons. The summed E-state index contributed by atoms with van der Waals surface area (Å²) < 4.78 is 0. The zero-order chi connectivity index (χ0) is 10.5. The molecule has 0 spiro atoms. The van der Waals surface area contributed by atoms with Crippen molar-refractivity contribution in [2.45, 2.75) is 39.2 Å². The van der Waals surface area contributed by atoms with Crippen LogP contribution in [0.5, 0.6) is 0 Å². The highest BCUT2D eigenvalue weighted by atomic mass is 15.0. The van der Waals surface area contributed by atoms with E-state index in [2.05, 4.69) is 37.4 Å². The number of nitrogens with one attached hydrogen (secondary N) is 1. The van der Waals surface area contributed by atoms with Crippen molar-refractivity contribution in [1.82, 2.24) is 5.32 Å². The summed E-state index contributed by atoms with van der Waals surface area (Å²) >= 11 is 0. The molecule has 1 aromatic rings. The fraction of sp³-hybridized carbons (Fsp3) is 0.571. The molecule has 3 rings (SSSR count). The molecule has 80 valence electrons. The van der Waals surface area contributed by atoms with Gasteiger partial charge in [-0.25, -0.2) is 0 Å². The van der Waals surface area contributed by atoms with Gasteiger partial charge < -0.3 is 5.32 Å². The van der Waals surface area contributed by atoms with Gasteiger partial charge in [-0.3, -0.25) is 0 Å².